The van der Waals surface area contributed by atoms with E-state index >= 15 is 0 Å². The van der Waals surface area contributed by atoms with E-state index in [4.69, 9.17) is 10.3 Å². The normalized spacial score (nSPS) is 11.8. The summed E-state index contributed by atoms with van der Waals surface area (Å²) >= 11 is 0. The summed E-state index contributed by atoms with van der Waals surface area (Å²) in [6.07, 6.45) is -0.504. The largest absolute Gasteiger partial charge is 0.368 e. The van der Waals surface area contributed by atoms with Gasteiger partial charge in [-0.25, -0.2) is 0 Å². The molecule has 0 bridgehead atoms. The monoisotopic (exact) mass is 177 g/mol. The molecule has 0 spiro atoms. The minimum atomic E-state index is -0.504. The molecule has 0 aliphatic heterocycles. The van der Waals surface area contributed by atoms with Crippen LogP contribution in [0.25, 0.3) is 10.4 Å². The van der Waals surface area contributed by atoms with E-state index in [1.807, 2.05) is 37.3 Å². The third-order valence-corrected chi connectivity index (χ3v) is 1.57. The van der Waals surface area contributed by atoms with Gasteiger partial charge in [0.15, 0.2) is 6.23 Å². The van der Waals surface area contributed by atoms with Crippen LogP contribution in [0.5, 0.6) is 0 Å². The zero-order valence-electron chi connectivity index (χ0n) is 7.42. The fourth-order valence-electron chi connectivity index (χ4n) is 1.02. The lowest BCUT2D eigenvalue weighted by Gasteiger charge is -2.10. The number of azide groups is 1. The lowest BCUT2D eigenvalue weighted by atomic mass is 10.2. The maximum atomic E-state index is 8.30. The molecule has 0 aromatic heterocycles. The van der Waals surface area contributed by atoms with Crippen molar-refractivity contribution in [2.24, 2.45) is 5.11 Å². The summed E-state index contributed by atoms with van der Waals surface area (Å²) < 4.78 is 5.25. The Morgan fingerprint density at radius 1 is 1.46 bits per heavy atom. The molecule has 0 N–H and O–H groups in total. The van der Waals surface area contributed by atoms with Crippen molar-refractivity contribution in [1.82, 2.24) is 0 Å². The highest BCUT2D eigenvalue weighted by molar-refractivity contribution is 5.17. The molecule has 0 aliphatic rings. The maximum absolute atomic E-state index is 8.30. The number of benzene rings is 1. The standard InChI is InChI=1S/C9H11N3O/c1-2-13-9(11-12-10)8-6-4-3-5-7-8/h3-7,9H,2H2,1H3. The summed E-state index contributed by atoms with van der Waals surface area (Å²) in [5, 5.41) is 3.54. The third kappa shape index (κ3) is 2.78. The molecule has 0 fully saturated rings. The first-order valence-corrected chi connectivity index (χ1v) is 4.09. The van der Waals surface area contributed by atoms with E-state index in [0.717, 1.165) is 5.56 Å². The summed E-state index contributed by atoms with van der Waals surface area (Å²) in [4.78, 5) is 2.73. The van der Waals surface area contributed by atoms with Crippen molar-refractivity contribution in [3.05, 3.63) is 46.3 Å². The van der Waals surface area contributed by atoms with Gasteiger partial charge in [-0.3, -0.25) is 0 Å². The number of hydrogen-bond acceptors (Lipinski definition) is 2. The first kappa shape index (κ1) is 9.58. The Hall–Kier alpha value is -1.51. The van der Waals surface area contributed by atoms with Gasteiger partial charge in [-0.05, 0) is 18.0 Å². The van der Waals surface area contributed by atoms with Gasteiger partial charge < -0.3 is 4.74 Å². The molecule has 13 heavy (non-hydrogen) atoms. The molecule has 4 heteroatoms. The van der Waals surface area contributed by atoms with Crippen LogP contribution in [-0.4, -0.2) is 6.61 Å². The van der Waals surface area contributed by atoms with Crippen LogP contribution < -0.4 is 0 Å². The van der Waals surface area contributed by atoms with Gasteiger partial charge in [-0.2, -0.15) is 0 Å². The molecule has 1 aromatic carbocycles. The van der Waals surface area contributed by atoms with Crippen LogP contribution in [-0.2, 0) is 4.74 Å². The molecule has 0 saturated heterocycles. The molecular weight excluding hydrogens is 166 g/mol. The minimum absolute atomic E-state index is 0.504. The first-order valence-electron chi connectivity index (χ1n) is 4.09. The molecular formula is C9H11N3O. The van der Waals surface area contributed by atoms with Gasteiger partial charge in [0, 0.05) is 11.5 Å². The van der Waals surface area contributed by atoms with Crippen molar-refractivity contribution in [1.29, 1.82) is 0 Å². The van der Waals surface area contributed by atoms with Crippen LogP contribution >= 0.6 is 0 Å². The van der Waals surface area contributed by atoms with E-state index in [1.165, 1.54) is 0 Å². The quantitative estimate of drug-likeness (QED) is 0.396. The van der Waals surface area contributed by atoms with Crippen molar-refractivity contribution in [3.63, 3.8) is 0 Å². The van der Waals surface area contributed by atoms with E-state index in [2.05, 4.69) is 10.0 Å². The molecule has 68 valence electrons. The van der Waals surface area contributed by atoms with Crippen LogP contribution in [0.2, 0.25) is 0 Å². The molecule has 1 unspecified atom stereocenters. The lowest BCUT2D eigenvalue weighted by Crippen LogP contribution is -1.99. The molecule has 0 aliphatic carbocycles. The van der Waals surface area contributed by atoms with Gasteiger partial charge in [0.1, 0.15) is 0 Å². The Morgan fingerprint density at radius 3 is 2.69 bits per heavy atom. The van der Waals surface area contributed by atoms with Crippen molar-refractivity contribution in [2.75, 3.05) is 6.61 Å². The molecule has 1 rings (SSSR count). The summed E-state index contributed by atoms with van der Waals surface area (Å²) in [5.41, 5.74) is 9.18. The number of hydrogen-bond donors (Lipinski definition) is 0. The predicted octanol–water partition coefficient (Wildman–Crippen LogP) is 3.03. The average Bonchev–Trinajstić information content (AvgIpc) is 2.19. The van der Waals surface area contributed by atoms with Crippen molar-refractivity contribution >= 4 is 0 Å². The van der Waals surface area contributed by atoms with Crippen LogP contribution in [0.1, 0.15) is 18.7 Å². The van der Waals surface area contributed by atoms with E-state index < -0.39 is 6.23 Å². The summed E-state index contributed by atoms with van der Waals surface area (Å²) in [7, 11) is 0. The molecule has 0 heterocycles. The smallest absolute Gasteiger partial charge is 0.161 e. The molecule has 0 saturated carbocycles. The SMILES string of the molecule is CCOC(N=[N+]=[N-])c1ccccc1. The Balaban J connectivity index is 2.81. The molecule has 1 aromatic rings. The lowest BCUT2D eigenvalue weighted by molar-refractivity contribution is 0.0677. The Bertz CT molecular complexity index is 293. The fourth-order valence-corrected chi connectivity index (χ4v) is 1.02. The third-order valence-electron chi connectivity index (χ3n) is 1.57. The topological polar surface area (TPSA) is 58.0 Å². The Labute approximate surface area is 76.8 Å². The van der Waals surface area contributed by atoms with Gasteiger partial charge in [0.2, 0.25) is 0 Å². The van der Waals surface area contributed by atoms with Gasteiger partial charge in [0.05, 0.1) is 0 Å². The first-order chi connectivity index (χ1) is 6.38. The Kier molecular flexibility index (Phi) is 3.82. The van der Waals surface area contributed by atoms with E-state index in [1.54, 1.807) is 0 Å². The van der Waals surface area contributed by atoms with Crippen LogP contribution in [0.15, 0.2) is 35.4 Å². The minimum Gasteiger partial charge on any atom is -0.368 e. The number of rotatable bonds is 4. The Morgan fingerprint density at radius 2 is 2.15 bits per heavy atom. The second kappa shape index (κ2) is 5.19. The molecule has 0 amide bonds. The average molecular weight is 177 g/mol. The highest BCUT2D eigenvalue weighted by Gasteiger charge is 2.06. The predicted molar refractivity (Wildman–Crippen MR) is 50.0 cm³/mol. The van der Waals surface area contributed by atoms with Crippen molar-refractivity contribution < 1.29 is 4.74 Å². The van der Waals surface area contributed by atoms with Gasteiger partial charge in [0.25, 0.3) is 0 Å². The maximum Gasteiger partial charge on any atom is 0.161 e. The summed E-state index contributed by atoms with van der Waals surface area (Å²) in [6.45, 7) is 2.39. The van der Waals surface area contributed by atoms with E-state index in [-0.39, 0.29) is 0 Å². The summed E-state index contributed by atoms with van der Waals surface area (Å²) in [6, 6.07) is 9.41. The number of ether oxygens (including phenoxy) is 1. The van der Waals surface area contributed by atoms with E-state index in [0.29, 0.717) is 6.61 Å². The van der Waals surface area contributed by atoms with Gasteiger partial charge >= 0.3 is 0 Å². The second-order valence-corrected chi connectivity index (χ2v) is 2.42. The molecule has 0 radical (unpaired) electrons. The van der Waals surface area contributed by atoms with Crippen LogP contribution in [0.4, 0.5) is 0 Å². The van der Waals surface area contributed by atoms with Crippen molar-refractivity contribution in [2.45, 2.75) is 13.2 Å². The van der Waals surface area contributed by atoms with Crippen LogP contribution in [0, 0.1) is 0 Å². The zero-order chi connectivity index (χ0) is 9.52. The molecule has 1 atom stereocenters. The zero-order valence-corrected chi connectivity index (χ0v) is 7.42. The van der Waals surface area contributed by atoms with E-state index in [9.17, 15) is 0 Å². The van der Waals surface area contributed by atoms with Gasteiger partial charge in [-0.15, -0.1) is 0 Å². The molecule has 4 nitrogen and oxygen atoms in total. The fraction of sp³-hybridized carbons (Fsp3) is 0.333. The number of nitrogens with zero attached hydrogens (tertiary/aromatic N) is 3. The summed E-state index contributed by atoms with van der Waals surface area (Å²) in [5.74, 6) is 0. The van der Waals surface area contributed by atoms with Crippen LogP contribution in [0.3, 0.4) is 0 Å². The van der Waals surface area contributed by atoms with Crippen molar-refractivity contribution in [3.8, 4) is 0 Å². The highest BCUT2D eigenvalue weighted by Crippen LogP contribution is 2.18. The second-order valence-electron chi connectivity index (χ2n) is 2.42. The van der Waals surface area contributed by atoms with Gasteiger partial charge in [-0.1, -0.05) is 35.4 Å². The highest BCUT2D eigenvalue weighted by atomic mass is 16.5.